The van der Waals surface area contributed by atoms with Gasteiger partial charge in [0.1, 0.15) is 24.7 Å². The van der Waals surface area contributed by atoms with Crippen LogP contribution in [0.4, 0.5) is 0 Å². The minimum atomic E-state index is -1.46. The molecule has 0 saturated heterocycles. The van der Waals surface area contributed by atoms with Gasteiger partial charge in [0.15, 0.2) is 0 Å². The zero-order valence-corrected chi connectivity index (χ0v) is 22.2. The molecule has 13 nitrogen and oxygen atoms in total. The molecule has 0 heterocycles. The molecular weight excluding hydrogens is 484 g/mol. The van der Waals surface area contributed by atoms with E-state index < -0.39 is 60.5 Å². The van der Waals surface area contributed by atoms with Gasteiger partial charge in [0.05, 0.1) is 12.1 Å². The van der Waals surface area contributed by atoms with Gasteiger partial charge in [-0.25, -0.2) is 0 Å². The van der Waals surface area contributed by atoms with Gasteiger partial charge in [-0.1, -0.05) is 33.1 Å². The van der Waals surface area contributed by atoms with E-state index >= 15 is 0 Å². The Labute approximate surface area is 218 Å². The summed E-state index contributed by atoms with van der Waals surface area (Å²) in [6.07, 6.45) is 3.63. The third-order valence-corrected chi connectivity index (χ3v) is 6.42. The number of aliphatic carboxylic acids is 1. The van der Waals surface area contributed by atoms with Gasteiger partial charge in [-0.3, -0.25) is 24.0 Å². The highest BCUT2D eigenvalue weighted by atomic mass is 16.4. The molecule has 9 N–H and O–H groups in total. The second-order valence-corrected chi connectivity index (χ2v) is 9.99. The summed E-state index contributed by atoms with van der Waals surface area (Å²) in [6, 6.07) is -4.06. The number of rotatable bonds is 15. The number of hydrogen-bond acceptors (Lipinski definition) is 8. The third kappa shape index (κ3) is 11.0. The minimum absolute atomic E-state index is 0.109. The number of nitrogens with two attached hydrogens (primary N) is 1. The fourth-order valence-electron chi connectivity index (χ4n) is 4.37. The van der Waals surface area contributed by atoms with E-state index in [-0.39, 0.29) is 24.3 Å². The largest absolute Gasteiger partial charge is 0.480 e. The maximum atomic E-state index is 13.3. The Morgan fingerprint density at radius 3 is 1.95 bits per heavy atom. The monoisotopic (exact) mass is 528 g/mol. The predicted octanol–water partition coefficient (Wildman–Crippen LogP) is -1.80. The minimum Gasteiger partial charge on any atom is -0.480 e. The fraction of sp³-hybridized carbons (Fsp3) is 0.792. The van der Waals surface area contributed by atoms with E-state index in [2.05, 4.69) is 26.6 Å². The van der Waals surface area contributed by atoms with Crippen molar-refractivity contribution in [3.8, 4) is 0 Å². The number of carboxylic acids is 1. The Morgan fingerprint density at radius 1 is 0.865 bits per heavy atom. The van der Waals surface area contributed by atoms with Crippen LogP contribution in [0.15, 0.2) is 0 Å². The van der Waals surface area contributed by atoms with Gasteiger partial charge in [-0.2, -0.15) is 0 Å². The molecule has 13 heteroatoms. The van der Waals surface area contributed by atoms with Crippen LogP contribution in [0.2, 0.25) is 0 Å². The number of hydrogen-bond donors (Lipinski definition) is 8. The Hall–Kier alpha value is -2.77. The van der Waals surface area contributed by atoms with Crippen LogP contribution in [0.3, 0.4) is 0 Å². The van der Waals surface area contributed by atoms with Gasteiger partial charge in [0.25, 0.3) is 0 Å². The molecule has 1 aliphatic carbocycles. The summed E-state index contributed by atoms with van der Waals surface area (Å²) in [4.78, 5) is 62.1. The third-order valence-electron chi connectivity index (χ3n) is 6.42. The molecule has 4 amide bonds. The van der Waals surface area contributed by atoms with Crippen LogP contribution in [0.1, 0.15) is 59.3 Å². The maximum Gasteiger partial charge on any atom is 0.322 e. The van der Waals surface area contributed by atoms with Crippen LogP contribution in [0, 0.1) is 11.8 Å². The molecule has 0 bridgehead atoms. The number of nitrogens with one attached hydrogen (secondary N) is 5. The zero-order chi connectivity index (χ0) is 28.1. The van der Waals surface area contributed by atoms with Gasteiger partial charge < -0.3 is 42.5 Å². The highest BCUT2D eigenvalue weighted by Gasteiger charge is 2.35. The fourth-order valence-corrected chi connectivity index (χ4v) is 4.37. The molecule has 0 unspecified atom stereocenters. The van der Waals surface area contributed by atoms with Crippen molar-refractivity contribution in [1.82, 2.24) is 26.6 Å². The van der Waals surface area contributed by atoms with Crippen molar-refractivity contribution in [3.63, 3.8) is 0 Å². The summed E-state index contributed by atoms with van der Waals surface area (Å²) in [7, 11) is 1.68. The van der Waals surface area contributed by atoms with Crippen molar-refractivity contribution in [3.05, 3.63) is 0 Å². The van der Waals surface area contributed by atoms with Crippen LogP contribution in [-0.4, -0.2) is 90.2 Å². The average Bonchev–Trinajstić information content (AvgIpc) is 2.85. The summed E-state index contributed by atoms with van der Waals surface area (Å²) in [5.74, 6) is -3.74. The quantitative estimate of drug-likeness (QED) is 0.120. The van der Waals surface area contributed by atoms with Crippen LogP contribution in [-0.2, 0) is 24.0 Å². The van der Waals surface area contributed by atoms with Crippen LogP contribution in [0.25, 0.3) is 0 Å². The van der Waals surface area contributed by atoms with Crippen LogP contribution < -0.4 is 32.3 Å². The van der Waals surface area contributed by atoms with Gasteiger partial charge in [0, 0.05) is 6.54 Å². The van der Waals surface area contributed by atoms with Gasteiger partial charge in [0.2, 0.25) is 23.6 Å². The van der Waals surface area contributed by atoms with Crippen molar-refractivity contribution in [2.75, 3.05) is 20.1 Å². The molecule has 1 aliphatic rings. The van der Waals surface area contributed by atoms with Crippen molar-refractivity contribution < 1.29 is 34.2 Å². The number of aliphatic hydroxyl groups is 1. The molecule has 1 rings (SSSR count). The lowest BCUT2D eigenvalue weighted by Gasteiger charge is -2.32. The lowest BCUT2D eigenvalue weighted by molar-refractivity contribution is -0.139. The Bertz CT molecular complexity index is 786. The highest BCUT2D eigenvalue weighted by Crippen LogP contribution is 2.27. The summed E-state index contributed by atoms with van der Waals surface area (Å²) < 4.78 is 0. The number of aliphatic hydroxyl groups excluding tert-OH is 1. The normalized spacial score (nSPS) is 18.1. The molecule has 0 radical (unpaired) electrons. The predicted molar refractivity (Wildman–Crippen MR) is 136 cm³/mol. The molecule has 0 spiro atoms. The highest BCUT2D eigenvalue weighted by molar-refractivity contribution is 5.95. The second kappa shape index (κ2) is 16.2. The first kappa shape index (κ1) is 32.3. The molecule has 0 aromatic rings. The lowest BCUT2D eigenvalue weighted by atomic mass is 9.83. The standard InChI is InChI=1S/C24H44N6O7/c1-13(2)10-16(26-4)21(34)30-20(15-8-6-5-7-9-15)24(37)28-17(11-25)22(35)29-19(14(3)31)23(36)27-12-18(32)33/h13-17,19-20,26,31H,5-12,25H2,1-4H3,(H,27,36)(H,28,37)(H,29,35)(H,30,34)(H,32,33)/t14-,16-,17-,19-,20-/m0/s1. The van der Waals surface area contributed by atoms with E-state index in [4.69, 9.17) is 10.8 Å². The molecule has 0 aromatic carbocycles. The molecule has 37 heavy (non-hydrogen) atoms. The zero-order valence-electron chi connectivity index (χ0n) is 22.2. The maximum absolute atomic E-state index is 13.3. The summed E-state index contributed by atoms with van der Waals surface area (Å²) in [5.41, 5.74) is 5.74. The second-order valence-electron chi connectivity index (χ2n) is 9.99. The average molecular weight is 529 g/mol. The molecule has 0 aliphatic heterocycles. The Kier molecular flexibility index (Phi) is 14.1. The smallest absolute Gasteiger partial charge is 0.322 e. The topological polar surface area (TPSA) is 212 Å². The number of carbonyl (C=O) groups is 5. The summed E-state index contributed by atoms with van der Waals surface area (Å²) in [5, 5.41) is 31.5. The summed E-state index contributed by atoms with van der Waals surface area (Å²) in [6.45, 7) is 4.25. The van der Waals surface area contributed by atoms with E-state index in [1.165, 1.54) is 6.92 Å². The van der Waals surface area contributed by atoms with Crippen molar-refractivity contribution in [1.29, 1.82) is 0 Å². The molecular formula is C24H44N6O7. The number of amides is 4. The Morgan fingerprint density at radius 2 is 1.46 bits per heavy atom. The SMILES string of the molecule is CN[C@@H](CC(C)C)C(=O)N[C@H](C(=O)N[C@@H](CN)C(=O)N[C@H](C(=O)NCC(=O)O)[C@H](C)O)C1CCCCC1. The van der Waals surface area contributed by atoms with Gasteiger partial charge >= 0.3 is 5.97 Å². The molecule has 0 aromatic heterocycles. The molecule has 5 atom stereocenters. The Balaban J connectivity index is 2.99. The number of likely N-dealkylation sites (N-methyl/N-ethyl adjacent to an activating group) is 1. The van der Waals surface area contributed by atoms with E-state index in [0.717, 1.165) is 32.1 Å². The van der Waals surface area contributed by atoms with Gasteiger partial charge in [-0.05, 0) is 45.1 Å². The molecule has 1 saturated carbocycles. The van der Waals surface area contributed by atoms with Crippen molar-refractivity contribution >= 4 is 29.6 Å². The first-order valence-electron chi connectivity index (χ1n) is 12.9. The van der Waals surface area contributed by atoms with Crippen molar-refractivity contribution in [2.24, 2.45) is 17.6 Å². The van der Waals surface area contributed by atoms with E-state index in [9.17, 15) is 29.1 Å². The first-order valence-corrected chi connectivity index (χ1v) is 12.9. The van der Waals surface area contributed by atoms with Crippen molar-refractivity contribution in [2.45, 2.75) is 89.6 Å². The van der Waals surface area contributed by atoms with E-state index in [1.807, 2.05) is 13.8 Å². The van der Waals surface area contributed by atoms with Crippen LogP contribution >= 0.6 is 0 Å². The number of carboxylic acid groups (broad SMARTS) is 1. The number of carbonyl (C=O) groups excluding carboxylic acids is 4. The van der Waals surface area contributed by atoms with E-state index in [0.29, 0.717) is 6.42 Å². The summed E-state index contributed by atoms with van der Waals surface area (Å²) >= 11 is 0. The van der Waals surface area contributed by atoms with Crippen LogP contribution in [0.5, 0.6) is 0 Å². The molecule has 212 valence electrons. The molecule has 1 fully saturated rings. The first-order chi connectivity index (χ1) is 17.4. The van der Waals surface area contributed by atoms with Gasteiger partial charge in [-0.15, -0.1) is 0 Å². The van der Waals surface area contributed by atoms with E-state index in [1.54, 1.807) is 7.05 Å². The lowest BCUT2D eigenvalue weighted by Crippen LogP contribution is -2.62.